The third kappa shape index (κ3) is 2.63. The largest absolute Gasteiger partial charge is 0.274 e. The molecule has 1 fully saturated rings. The van der Waals surface area contributed by atoms with E-state index in [9.17, 15) is 13.2 Å². The van der Waals surface area contributed by atoms with Crippen LogP contribution in [0.25, 0.3) is 0 Å². The maximum absolute atomic E-state index is 12.0. The molecule has 1 N–H and O–H groups in total. The SMILES string of the molecule is Cc1ccccc1S(=O)(=O)NC(=O)C1CC1(Cl)Cl. The minimum atomic E-state index is -3.86. The number of carbonyl (C=O) groups excluding carboxylic acids is 1. The van der Waals surface area contributed by atoms with Crippen molar-refractivity contribution in [1.29, 1.82) is 0 Å². The standard InChI is InChI=1S/C11H11Cl2NO3S/c1-7-4-2-3-5-9(7)18(16,17)14-10(15)8-6-11(8,12)13/h2-5,8H,6H2,1H3,(H,14,15). The maximum Gasteiger partial charge on any atom is 0.264 e. The van der Waals surface area contributed by atoms with Crippen LogP contribution in [0.4, 0.5) is 0 Å². The average Bonchev–Trinajstić information content (AvgIpc) is 2.87. The maximum atomic E-state index is 12.0. The van der Waals surface area contributed by atoms with Gasteiger partial charge in [0.25, 0.3) is 10.0 Å². The first-order valence-electron chi connectivity index (χ1n) is 5.24. The fourth-order valence-electron chi connectivity index (χ4n) is 1.61. The van der Waals surface area contributed by atoms with Gasteiger partial charge in [-0.1, -0.05) is 18.2 Å². The summed E-state index contributed by atoms with van der Waals surface area (Å²) >= 11 is 11.4. The lowest BCUT2D eigenvalue weighted by Gasteiger charge is -2.09. The molecule has 1 amide bonds. The Kier molecular flexibility index (Phi) is 3.34. The molecule has 0 bridgehead atoms. The predicted molar refractivity (Wildman–Crippen MR) is 69.1 cm³/mol. The molecule has 1 unspecified atom stereocenters. The summed E-state index contributed by atoms with van der Waals surface area (Å²) < 4.78 is 24.8. The van der Waals surface area contributed by atoms with Gasteiger partial charge in [0.15, 0.2) is 0 Å². The van der Waals surface area contributed by atoms with Crippen LogP contribution in [-0.2, 0) is 14.8 Å². The topological polar surface area (TPSA) is 63.2 Å². The van der Waals surface area contributed by atoms with Crippen molar-refractivity contribution in [2.45, 2.75) is 22.6 Å². The smallest absolute Gasteiger partial charge is 0.264 e. The first-order chi connectivity index (χ1) is 8.24. The van der Waals surface area contributed by atoms with E-state index in [0.717, 1.165) is 0 Å². The molecule has 7 heteroatoms. The molecule has 1 aliphatic carbocycles. The van der Waals surface area contributed by atoms with E-state index in [1.54, 1.807) is 25.1 Å². The lowest BCUT2D eigenvalue weighted by Crippen LogP contribution is -2.33. The van der Waals surface area contributed by atoms with Crippen molar-refractivity contribution < 1.29 is 13.2 Å². The van der Waals surface area contributed by atoms with Crippen LogP contribution < -0.4 is 4.72 Å². The van der Waals surface area contributed by atoms with E-state index in [2.05, 4.69) is 0 Å². The number of sulfonamides is 1. The quantitative estimate of drug-likeness (QED) is 0.869. The molecule has 1 saturated carbocycles. The summed E-state index contributed by atoms with van der Waals surface area (Å²) in [4.78, 5) is 11.7. The van der Waals surface area contributed by atoms with E-state index >= 15 is 0 Å². The lowest BCUT2D eigenvalue weighted by molar-refractivity contribution is -0.120. The normalized spacial score (nSPS) is 21.4. The van der Waals surface area contributed by atoms with E-state index in [-0.39, 0.29) is 11.3 Å². The summed E-state index contributed by atoms with van der Waals surface area (Å²) in [6.07, 6.45) is 0.269. The van der Waals surface area contributed by atoms with Gasteiger partial charge < -0.3 is 0 Å². The zero-order valence-electron chi connectivity index (χ0n) is 9.48. The van der Waals surface area contributed by atoms with Gasteiger partial charge in [0, 0.05) is 0 Å². The highest BCUT2D eigenvalue weighted by molar-refractivity contribution is 7.90. The van der Waals surface area contributed by atoms with Crippen LogP contribution in [0.1, 0.15) is 12.0 Å². The average molecular weight is 308 g/mol. The first-order valence-corrected chi connectivity index (χ1v) is 7.48. The lowest BCUT2D eigenvalue weighted by atomic mass is 10.2. The second kappa shape index (κ2) is 4.40. The number of rotatable bonds is 3. The highest BCUT2D eigenvalue weighted by Gasteiger charge is 2.57. The molecule has 1 atom stereocenters. The van der Waals surface area contributed by atoms with E-state index in [1.165, 1.54) is 6.07 Å². The van der Waals surface area contributed by atoms with Crippen molar-refractivity contribution in [2.24, 2.45) is 5.92 Å². The first kappa shape index (κ1) is 13.6. The second-order valence-corrected chi connectivity index (χ2v) is 7.45. The van der Waals surface area contributed by atoms with Crippen molar-refractivity contribution in [1.82, 2.24) is 4.72 Å². The van der Waals surface area contributed by atoms with Crippen molar-refractivity contribution >= 4 is 39.1 Å². The number of amides is 1. The van der Waals surface area contributed by atoms with Crippen molar-refractivity contribution in [3.63, 3.8) is 0 Å². The van der Waals surface area contributed by atoms with Gasteiger partial charge in [-0.15, -0.1) is 23.2 Å². The third-order valence-electron chi connectivity index (χ3n) is 2.76. The Hall–Kier alpha value is -0.780. The van der Waals surface area contributed by atoms with Crippen molar-refractivity contribution in [3.8, 4) is 0 Å². The minimum absolute atomic E-state index is 0.0775. The monoisotopic (exact) mass is 307 g/mol. The van der Waals surface area contributed by atoms with Gasteiger partial charge in [0.2, 0.25) is 5.91 Å². The Labute approximate surface area is 115 Å². The summed E-state index contributed by atoms with van der Waals surface area (Å²) in [6, 6.07) is 6.41. The molecule has 1 aliphatic rings. The molecular formula is C11H11Cl2NO3S. The number of halogens is 2. The molecule has 2 rings (SSSR count). The van der Waals surface area contributed by atoms with E-state index < -0.39 is 26.2 Å². The molecule has 0 aliphatic heterocycles. The van der Waals surface area contributed by atoms with Crippen LogP contribution in [0.2, 0.25) is 0 Å². The van der Waals surface area contributed by atoms with Gasteiger partial charge in [-0.05, 0) is 25.0 Å². The molecular weight excluding hydrogens is 297 g/mol. The summed E-state index contributed by atoms with van der Waals surface area (Å²) in [5.41, 5.74) is 0.566. The molecule has 0 aromatic heterocycles. The van der Waals surface area contributed by atoms with Gasteiger partial charge in [-0.2, -0.15) is 0 Å². The van der Waals surface area contributed by atoms with Crippen LogP contribution in [0.3, 0.4) is 0 Å². The number of alkyl halides is 2. The Morgan fingerprint density at radius 1 is 1.39 bits per heavy atom. The van der Waals surface area contributed by atoms with Gasteiger partial charge in [0.05, 0.1) is 10.8 Å². The predicted octanol–water partition coefficient (Wildman–Crippen LogP) is 1.99. The number of hydrogen-bond donors (Lipinski definition) is 1. The van der Waals surface area contributed by atoms with E-state index in [0.29, 0.717) is 5.56 Å². The van der Waals surface area contributed by atoms with Crippen molar-refractivity contribution in [3.05, 3.63) is 29.8 Å². The zero-order valence-corrected chi connectivity index (χ0v) is 11.8. The molecule has 1 aromatic rings. The summed E-state index contributed by atoms with van der Waals surface area (Å²) in [7, 11) is -3.86. The summed E-state index contributed by atoms with van der Waals surface area (Å²) in [6.45, 7) is 1.66. The highest BCUT2D eigenvalue weighted by Crippen LogP contribution is 2.53. The third-order valence-corrected chi connectivity index (χ3v) is 5.10. The number of aryl methyl sites for hydroxylation is 1. The molecule has 0 radical (unpaired) electrons. The van der Waals surface area contributed by atoms with Crippen LogP contribution in [0.15, 0.2) is 29.2 Å². The Morgan fingerprint density at radius 3 is 2.44 bits per heavy atom. The fraction of sp³-hybridized carbons (Fsp3) is 0.364. The molecule has 0 heterocycles. The van der Waals surface area contributed by atoms with Crippen LogP contribution in [-0.4, -0.2) is 18.7 Å². The number of benzene rings is 1. The fourth-order valence-corrected chi connectivity index (χ4v) is 3.39. The summed E-state index contributed by atoms with van der Waals surface area (Å²) in [5.74, 6) is -1.33. The molecule has 98 valence electrons. The molecule has 4 nitrogen and oxygen atoms in total. The minimum Gasteiger partial charge on any atom is -0.274 e. The zero-order chi connectivity index (χ0) is 13.6. The molecule has 1 aromatic carbocycles. The van der Waals surface area contributed by atoms with E-state index in [4.69, 9.17) is 23.2 Å². The highest BCUT2D eigenvalue weighted by atomic mass is 35.5. The number of nitrogens with one attached hydrogen (secondary N) is 1. The van der Waals surface area contributed by atoms with Gasteiger partial charge in [-0.25, -0.2) is 13.1 Å². The van der Waals surface area contributed by atoms with Crippen LogP contribution in [0.5, 0.6) is 0 Å². The Balaban J connectivity index is 2.19. The number of carbonyl (C=O) groups is 1. The van der Waals surface area contributed by atoms with Gasteiger partial charge in [-0.3, -0.25) is 4.79 Å². The van der Waals surface area contributed by atoms with Crippen LogP contribution >= 0.6 is 23.2 Å². The second-order valence-electron chi connectivity index (χ2n) is 4.25. The molecule has 18 heavy (non-hydrogen) atoms. The Bertz CT molecular complexity index is 598. The Morgan fingerprint density at radius 2 is 1.94 bits per heavy atom. The van der Waals surface area contributed by atoms with Crippen LogP contribution in [0, 0.1) is 12.8 Å². The van der Waals surface area contributed by atoms with Gasteiger partial charge in [0.1, 0.15) is 4.33 Å². The van der Waals surface area contributed by atoms with E-state index in [1.807, 2.05) is 4.72 Å². The van der Waals surface area contributed by atoms with Crippen molar-refractivity contribution in [2.75, 3.05) is 0 Å². The number of hydrogen-bond acceptors (Lipinski definition) is 3. The molecule has 0 spiro atoms. The van der Waals surface area contributed by atoms with Gasteiger partial charge >= 0.3 is 0 Å². The summed E-state index contributed by atoms with van der Waals surface area (Å²) in [5, 5.41) is 0. The molecule has 0 saturated heterocycles.